The van der Waals surface area contributed by atoms with E-state index in [1.807, 2.05) is 0 Å². The van der Waals surface area contributed by atoms with Gasteiger partial charge in [-0.05, 0) is 56.2 Å². The average Bonchev–Trinajstić information content (AvgIpc) is 3.30. The predicted molar refractivity (Wildman–Crippen MR) is 128 cm³/mol. The van der Waals surface area contributed by atoms with Gasteiger partial charge in [-0.3, -0.25) is 9.69 Å². The number of para-hydroxylation sites is 1. The predicted octanol–water partition coefficient (Wildman–Crippen LogP) is 4.62. The van der Waals surface area contributed by atoms with Crippen molar-refractivity contribution in [2.24, 2.45) is 0 Å². The molecule has 10 heteroatoms. The first kappa shape index (κ1) is 26.2. The highest BCUT2D eigenvalue weighted by Gasteiger charge is 2.36. The van der Waals surface area contributed by atoms with Crippen LogP contribution in [-0.4, -0.2) is 66.1 Å². The van der Waals surface area contributed by atoms with Gasteiger partial charge in [0.05, 0.1) is 6.10 Å². The molecule has 2 aromatic rings. The van der Waals surface area contributed by atoms with Gasteiger partial charge in [0.25, 0.3) is 0 Å². The number of unbranched alkanes of at least 4 members (excludes halogenated alkanes) is 1. The summed E-state index contributed by atoms with van der Waals surface area (Å²) in [5, 5.41) is 13.2. The number of hydrogen-bond acceptors (Lipinski definition) is 6. The number of carboxylic acid groups (broad SMARTS) is 1. The van der Waals surface area contributed by atoms with Gasteiger partial charge in [-0.2, -0.15) is 13.2 Å². The first-order chi connectivity index (χ1) is 17.3. The van der Waals surface area contributed by atoms with Crippen LogP contribution in [0.1, 0.15) is 48.5 Å². The summed E-state index contributed by atoms with van der Waals surface area (Å²) in [6.45, 7) is 0.915. The summed E-state index contributed by atoms with van der Waals surface area (Å²) in [5.74, 6) is -0.206. The lowest BCUT2D eigenvalue weighted by Crippen LogP contribution is -2.34. The van der Waals surface area contributed by atoms with Crippen molar-refractivity contribution < 1.29 is 32.5 Å². The number of halogens is 3. The Morgan fingerprint density at radius 2 is 2.06 bits per heavy atom. The Kier molecular flexibility index (Phi) is 8.68. The molecule has 4 rings (SSSR count). The van der Waals surface area contributed by atoms with Gasteiger partial charge in [0.2, 0.25) is 0 Å². The molecule has 2 N–H and O–H groups in total. The highest BCUT2D eigenvalue weighted by atomic mass is 19.4. The zero-order valence-electron chi connectivity index (χ0n) is 20.1. The summed E-state index contributed by atoms with van der Waals surface area (Å²) in [6.07, 6.45) is 0.889. The molecule has 36 heavy (non-hydrogen) atoms. The fourth-order valence-corrected chi connectivity index (χ4v) is 4.77. The van der Waals surface area contributed by atoms with Gasteiger partial charge in [-0.15, -0.1) is 0 Å². The van der Waals surface area contributed by atoms with E-state index in [-0.39, 0.29) is 17.4 Å². The van der Waals surface area contributed by atoms with Crippen LogP contribution in [0.25, 0.3) is 0 Å². The molecule has 1 fully saturated rings. The topological polar surface area (TPSA) is 83.9 Å². The van der Waals surface area contributed by atoms with E-state index in [0.29, 0.717) is 26.1 Å². The third-order valence-corrected chi connectivity index (χ3v) is 6.51. The standard InChI is InChI=1S/C26H32F3N3O4/c27-26(28,29)17-36-22-9-2-1-8-21(22)23(25(33)34)32-14-12-20(16-32)35-15-4-3-7-19-11-10-18-6-5-13-30-24(18)31-19/h1-2,8-11,20,23H,3-7,12-17H2,(H,30,31)(H,33,34). The van der Waals surface area contributed by atoms with E-state index in [1.54, 1.807) is 11.0 Å². The second-order valence-corrected chi connectivity index (χ2v) is 9.26. The van der Waals surface area contributed by atoms with Crippen LogP contribution in [0.5, 0.6) is 5.75 Å². The number of rotatable bonds is 11. The lowest BCUT2D eigenvalue weighted by Gasteiger charge is -2.26. The van der Waals surface area contributed by atoms with E-state index in [1.165, 1.54) is 23.8 Å². The number of alkyl halides is 3. The van der Waals surface area contributed by atoms with E-state index in [4.69, 9.17) is 14.5 Å². The van der Waals surface area contributed by atoms with E-state index in [0.717, 1.165) is 50.2 Å². The molecule has 0 aliphatic carbocycles. The minimum absolute atomic E-state index is 0.0717. The number of fused-ring (bicyclic) bond motifs is 1. The number of benzene rings is 1. The SMILES string of the molecule is O=C(O)C(c1ccccc1OCC(F)(F)F)N1CCC(OCCCCc2ccc3c(n2)NCCC3)C1. The molecule has 1 saturated heterocycles. The lowest BCUT2D eigenvalue weighted by atomic mass is 10.0. The van der Waals surface area contributed by atoms with Crippen molar-refractivity contribution >= 4 is 11.8 Å². The quantitative estimate of drug-likeness (QED) is 0.430. The van der Waals surface area contributed by atoms with Crippen LogP contribution < -0.4 is 10.1 Å². The molecule has 2 unspecified atom stereocenters. The molecular weight excluding hydrogens is 475 g/mol. The maximum atomic E-state index is 12.6. The number of anilines is 1. The van der Waals surface area contributed by atoms with Gasteiger partial charge in [0.15, 0.2) is 6.61 Å². The number of hydrogen-bond donors (Lipinski definition) is 2. The summed E-state index contributed by atoms with van der Waals surface area (Å²) >= 11 is 0. The molecule has 3 heterocycles. The minimum Gasteiger partial charge on any atom is -0.484 e. The van der Waals surface area contributed by atoms with E-state index in [9.17, 15) is 23.1 Å². The minimum atomic E-state index is -4.51. The summed E-state index contributed by atoms with van der Waals surface area (Å²) in [7, 11) is 0. The molecule has 0 radical (unpaired) electrons. The second-order valence-electron chi connectivity index (χ2n) is 9.26. The Morgan fingerprint density at radius 1 is 1.22 bits per heavy atom. The molecule has 2 aliphatic rings. The molecule has 2 atom stereocenters. The van der Waals surface area contributed by atoms with E-state index >= 15 is 0 Å². The van der Waals surface area contributed by atoms with Crippen molar-refractivity contribution in [3.8, 4) is 5.75 Å². The number of nitrogens with zero attached hydrogens (tertiary/aromatic N) is 2. The highest BCUT2D eigenvalue weighted by molar-refractivity contribution is 5.76. The summed E-state index contributed by atoms with van der Waals surface area (Å²) in [6, 6.07) is 9.13. The van der Waals surface area contributed by atoms with E-state index < -0.39 is 24.8 Å². The molecule has 196 valence electrons. The van der Waals surface area contributed by atoms with Crippen LogP contribution in [0.15, 0.2) is 36.4 Å². The van der Waals surface area contributed by atoms with Crippen molar-refractivity contribution in [1.29, 1.82) is 0 Å². The Balaban J connectivity index is 1.25. The van der Waals surface area contributed by atoms with Gasteiger partial charge in [-0.25, -0.2) is 4.98 Å². The Hall–Kier alpha value is -2.85. The summed E-state index contributed by atoms with van der Waals surface area (Å²) in [5.41, 5.74) is 2.54. The molecule has 7 nitrogen and oxygen atoms in total. The van der Waals surface area contributed by atoms with Crippen LogP contribution in [0.4, 0.5) is 19.0 Å². The van der Waals surface area contributed by atoms with Crippen LogP contribution in [0, 0.1) is 0 Å². The third-order valence-electron chi connectivity index (χ3n) is 6.51. The van der Waals surface area contributed by atoms with Gasteiger partial charge in [0, 0.05) is 37.5 Å². The normalized spacial score (nSPS) is 18.9. The first-order valence-electron chi connectivity index (χ1n) is 12.4. The van der Waals surface area contributed by atoms with Crippen LogP contribution >= 0.6 is 0 Å². The number of aryl methyl sites for hydroxylation is 2. The number of aromatic nitrogens is 1. The zero-order valence-corrected chi connectivity index (χ0v) is 20.1. The number of likely N-dealkylation sites (tertiary alicyclic amines) is 1. The number of pyridine rings is 1. The second kappa shape index (κ2) is 11.9. The fraction of sp³-hybridized carbons (Fsp3) is 0.538. The molecule has 0 spiro atoms. The van der Waals surface area contributed by atoms with E-state index in [2.05, 4.69) is 17.4 Å². The number of ether oxygens (including phenoxy) is 2. The van der Waals surface area contributed by atoms with Gasteiger partial charge >= 0.3 is 12.1 Å². The Labute approximate surface area is 208 Å². The van der Waals surface area contributed by atoms with Crippen LogP contribution in [0.3, 0.4) is 0 Å². The van der Waals surface area contributed by atoms with Crippen molar-refractivity contribution in [2.45, 2.75) is 56.8 Å². The zero-order chi connectivity index (χ0) is 25.5. The largest absolute Gasteiger partial charge is 0.484 e. The third kappa shape index (κ3) is 7.10. The van der Waals surface area contributed by atoms with Crippen molar-refractivity contribution in [1.82, 2.24) is 9.88 Å². The number of carboxylic acids is 1. The maximum Gasteiger partial charge on any atom is 0.422 e. The number of aliphatic carboxylic acids is 1. The molecule has 0 bridgehead atoms. The fourth-order valence-electron chi connectivity index (χ4n) is 4.77. The van der Waals surface area contributed by atoms with Crippen molar-refractivity contribution in [2.75, 3.05) is 38.2 Å². The monoisotopic (exact) mass is 507 g/mol. The Bertz CT molecular complexity index is 1030. The first-order valence-corrected chi connectivity index (χ1v) is 12.4. The van der Waals surface area contributed by atoms with Crippen molar-refractivity contribution in [3.63, 3.8) is 0 Å². The maximum absolute atomic E-state index is 12.6. The van der Waals surface area contributed by atoms with Gasteiger partial charge in [0.1, 0.15) is 17.6 Å². The number of nitrogens with one attached hydrogen (secondary N) is 1. The van der Waals surface area contributed by atoms with Crippen molar-refractivity contribution in [3.05, 3.63) is 53.2 Å². The molecular formula is C26H32F3N3O4. The Morgan fingerprint density at radius 3 is 2.86 bits per heavy atom. The molecule has 2 aliphatic heterocycles. The summed E-state index contributed by atoms with van der Waals surface area (Å²) < 4.78 is 48.9. The molecule has 0 saturated carbocycles. The van der Waals surface area contributed by atoms with Gasteiger partial charge < -0.3 is 19.9 Å². The molecule has 1 aromatic carbocycles. The molecule has 0 amide bonds. The molecule has 1 aromatic heterocycles. The summed E-state index contributed by atoms with van der Waals surface area (Å²) in [4.78, 5) is 18.5. The van der Waals surface area contributed by atoms with Crippen LogP contribution in [-0.2, 0) is 22.4 Å². The average molecular weight is 508 g/mol. The van der Waals surface area contributed by atoms with Crippen LogP contribution in [0.2, 0.25) is 0 Å². The highest BCUT2D eigenvalue weighted by Crippen LogP contribution is 2.33. The van der Waals surface area contributed by atoms with Gasteiger partial charge in [-0.1, -0.05) is 24.3 Å². The smallest absolute Gasteiger partial charge is 0.422 e. The lowest BCUT2D eigenvalue weighted by molar-refractivity contribution is -0.153. The number of carbonyl (C=O) groups is 1.